The molecule has 0 saturated heterocycles. The molecule has 0 N–H and O–H groups in total. The van der Waals surface area contributed by atoms with E-state index in [0.29, 0.717) is 4.47 Å². The number of benzene rings is 2. The van der Waals surface area contributed by atoms with E-state index in [-0.39, 0.29) is 34.6 Å². The third-order valence-corrected chi connectivity index (χ3v) is 4.06. The van der Waals surface area contributed by atoms with E-state index in [9.17, 15) is 14.0 Å². The van der Waals surface area contributed by atoms with Crippen molar-refractivity contribution in [1.82, 2.24) is 0 Å². The summed E-state index contributed by atoms with van der Waals surface area (Å²) < 4.78 is 30.9. The SMILES string of the molecule is CCOC(=O)COc1c(-c2cc(Br)ccc2F)oc2ccccc2c1=O. The molecular formula is C19H14BrFO5. The molecule has 0 aliphatic rings. The van der Waals surface area contributed by atoms with Crippen molar-refractivity contribution in [2.24, 2.45) is 0 Å². The number of para-hydroxylation sites is 1. The second kappa shape index (κ2) is 7.70. The highest BCUT2D eigenvalue weighted by molar-refractivity contribution is 9.10. The molecule has 0 aliphatic heterocycles. The first kappa shape index (κ1) is 18.1. The van der Waals surface area contributed by atoms with Crippen LogP contribution in [0.25, 0.3) is 22.3 Å². The van der Waals surface area contributed by atoms with Gasteiger partial charge in [0.25, 0.3) is 0 Å². The van der Waals surface area contributed by atoms with Gasteiger partial charge in [-0.2, -0.15) is 0 Å². The fraction of sp³-hybridized carbons (Fsp3) is 0.158. The van der Waals surface area contributed by atoms with Crippen LogP contribution in [-0.4, -0.2) is 19.2 Å². The topological polar surface area (TPSA) is 65.7 Å². The Kier molecular flexibility index (Phi) is 5.37. The number of ether oxygens (including phenoxy) is 2. The van der Waals surface area contributed by atoms with Gasteiger partial charge in [0.05, 0.1) is 17.6 Å². The largest absolute Gasteiger partial charge is 0.474 e. The summed E-state index contributed by atoms with van der Waals surface area (Å²) in [6.45, 7) is 1.35. The monoisotopic (exact) mass is 420 g/mol. The summed E-state index contributed by atoms with van der Waals surface area (Å²) in [5.41, 5.74) is -0.165. The first-order valence-electron chi connectivity index (χ1n) is 7.81. The summed E-state index contributed by atoms with van der Waals surface area (Å²) in [5, 5.41) is 0.269. The molecule has 26 heavy (non-hydrogen) atoms. The van der Waals surface area contributed by atoms with E-state index in [1.165, 1.54) is 18.2 Å². The minimum atomic E-state index is -0.638. The standard InChI is InChI=1S/C19H14BrFO5/c1-2-24-16(22)10-25-19-17(23)12-5-3-4-6-15(12)26-18(19)13-9-11(20)7-8-14(13)21/h3-9H,2,10H2,1H3. The molecule has 0 bridgehead atoms. The molecular weight excluding hydrogens is 407 g/mol. The molecule has 0 aliphatic carbocycles. The molecule has 7 heteroatoms. The van der Waals surface area contributed by atoms with E-state index < -0.39 is 23.8 Å². The molecule has 0 radical (unpaired) electrons. The Morgan fingerprint density at radius 2 is 2.00 bits per heavy atom. The molecule has 0 atom stereocenters. The lowest BCUT2D eigenvalue weighted by atomic mass is 10.1. The first-order chi connectivity index (χ1) is 12.5. The minimum Gasteiger partial charge on any atom is -0.474 e. The van der Waals surface area contributed by atoms with Crippen LogP contribution in [0.5, 0.6) is 5.75 Å². The average Bonchev–Trinajstić information content (AvgIpc) is 2.63. The Labute approximate surface area is 156 Å². The van der Waals surface area contributed by atoms with Gasteiger partial charge in [0.1, 0.15) is 11.4 Å². The number of hydrogen-bond acceptors (Lipinski definition) is 5. The minimum absolute atomic E-state index is 0.0427. The number of rotatable bonds is 5. The zero-order chi connectivity index (χ0) is 18.7. The van der Waals surface area contributed by atoms with Crippen LogP contribution in [0.1, 0.15) is 6.92 Å². The Morgan fingerprint density at radius 3 is 2.77 bits per heavy atom. The highest BCUT2D eigenvalue weighted by Gasteiger charge is 2.21. The third-order valence-electron chi connectivity index (χ3n) is 3.57. The number of esters is 1. The van der Waals surface area contributed by atoms with Crippen LogP contribution in [0.2, 0.25) is 0 Å². The molecule has 2 aromatic carbocycles. The van der Waals surface area contributed by atoms with Crippen molar-refractivity contribution < 1.29 is 23.1 Å². The summed E-state index contributed by atoms with van der Waals surface area (Å²) in [7, 11) is 0. The maximum absolute atomic E-state index is 14.4. The normalized spacial score (nSPS) is 10.7. The van der Waals surface area contributed by atoms with Crippen LogP contribution >= 0.6 is 15.9 Å². The lowest BCUT2D eigenvalue weighted by Gasteiger charge is -2.12. The van der Waals surface area contributed by atoms with Crippen molar-refractivity contribution in [3.8, 4) is 17.1 Å². The summed E-state index contributed by atoms with van der Waals surface area (Å²) in [4.78, 5) is 24.4. The molecule has 0 fully saturated rings. The van der Waals surface area contributed by atoms with E-state index >= 15 is 0 Å². The zero-order valence-electron chi connectivity index (χ0n) is 13.8. The number of hydrogen-bond donors (Lipinski definition) is 0. The third kappa shape index (κ3) is 3.62. The molecule has 3 rings (SSSR count). The van der Waals surface area contributed by atoms with Gasteiger partial charge in [-0.05, 0) is 37.3 Å². The van der Waals surface area contributed by atoms with E-state index in [4.69, 9.17) is 13.9 Å². The quantitative estimate of drug-likeness (QED) is 0.575. The van der Waals surface area contributed by atoms with E-state index in [0.717, 1.165) is 0 Å². The molecule has 1 heterocycles. The van der Waals surface area contributed by atoms with Gasteiger partial charge in [-0.1, -0.05) is 28.1 Å². The molecule has 1 aromatic heterocycles. The Morgan fingerprint density at radius 1 is 1.23 bits per heavy atom. The van der Waals surface area contributed by atoms with Crippen LogP contribution in [0.15, 0.2) is 56.1 Å². The van der Waals surface area contributed by atoms with E-state index in [1.54, 1.807) is 31.2 Å². The number of halogens is 2. The van der Waals surface area contributed by atoms with Crippen LogP contribution in [0.3, 0.4) is 0 Å². The first-order valence-corrected chi connectivity index (χ1v) is 8.60. The van der Waals surface area contributed by atoms with Crippen LogP contribution < -0.4 is 10.2 Å². The smallest absolute Gasteiger partial charge is 0.344 e. The van der Waals surface area contributed by atoms with Crippen molar-refractivity contribution in [2.45, 2.75) is 6.92 Å². The van der Waals surface area contributed by atoms with Crippen molar-refractivity contribution in [3.05, 3.63) is 63.0 Å². The average molecular weight is 421 g/mol. The summed E-state index contributed by atoms with van der Waals surface area (Å²) in [6, 6.07) is 10.8. The molecule has 0 amide bonds. The zero-order valence-corrected chi connectivity index (χ0v) is 15.3. The van der Waals surface area contributed by atoms with E-state index in [1.807, 2.05) is 0 Å². The fourth-order valence-corrected chi connectivity index (χ4v) is 2.80. The van der Waals surface area contributed by atoms with Gasteiger partial charge in [0, 0.05) is 4.47 Å². The maximum Gasteiger partial charge on any atom is 0.344 e. The number of carbonyl (C=O) groups excluding carboxylic acids is 1. The molecule has 134 valence electrons. The lowest BCUT2D eigenvalue weighted by Crippen LogP contribution is -2.19. The lowest BCUT2D eigenvalue weighted by molar-refractivity contribution is -0.145. The summed E-state index contributed by atoms with van der Waals surface area (Å²) in [6.07, 6.45) is 0. The number of fused-ring (bicyclic) bond motifs is 1. The summed E-state index contributed by atoms with van der Waals surface area (Å²) >= 11 is 3.27. The Balaban J connectivity index is 2.19. The van der Waals surface area contributed by atoms with Crippen LogP contribution in [0.4, 0.5) is 4.39 Å². The van der Waals surface area contributed by atoms with E-state index in [2.05, 4.69) is 15.9 Å². The fourth-order valence-electron chi connectivity index (χ4n) is 2.44. The van der Waals surface area contributed by atoms with Crippen molar-refractivity contribution in [3.63, 3.8) is 0 Å². The summed E-state index contributed by atoms with van der Waals surface area (Å²) in [5.74, 6) is -1.56. The molecule has 0 spiro atoms. The van der Waals surface area contributed by atoms with Crippen molar-refractivity contribution in [2.75, 3.05) is 13.2 Å². The predicted molar refractivity (Wildman–Crippen MR) is 97.7 cm³/mol. The second-order valence-corrected chi connectivity index (χ2v) is 6.22. The van der Waals surface area contributed by atoms with Crippen LogP contribution in [-0.2, 0) is 9.53 Å². The van der Waals surface area contributed by atoms with Gasteiger partial charge in [0.2, 0.25) is 11.2 Å². The predicted octanol–water partition coefficient (Wildman–Crippen LogP) is 4.30. The van der Waals surface area contributed by atoms with Crippen molar-refractivity contribution >= 4 is 32.9 Å². The van der Waals surface area contributed by atoms with Crippen molar-refractivity contribution in [1.29, 1.82) is 0 Å². The molecule has 0 saturated carbocycles. The van der Waals surface area contributed by atoms with Gasteiger partial charge in [-0.25, -0.2) is 9.18 Å². The molecule has 5 nitrogen and oxygen atoms in total. The van der Waals surface area contributed by atoms with Gasteiger partial charge >= 0.3 is 5.97 Å². The van der Waals surface area contributed by atoms with Gasteiger partial charge < -0.3 is 13.9 Å². The molecule has 3 aromatic rings. The Hall–Kier alpha value is -2.67. The molecule has 0 unspecified atom stereocenters. The number of carbonyl (C=O) groups is 1. The van der Waals surface area contributed by atoms with Crippen LogP contribution in [0, 0.1) is 5.82 Å². The van der Waals surface area contributed by atoms with Gasteiger partial charge in [-0.3, -0.25) is 4.79 Å². The van der Waals surface area contributed by atoms with Gasteiger partial charge in [0.15, 0.2) is 12.4 Å². The maximum atomic E-state index is 14.4. The highest BCUT2D eigenvalue weighted by atomic mass is 79.9. The highest BCUT2D eigenvalue weighted by Crippen LogP contribution is 2.34. The second-order valence-electron chi connectivity index (χ2n) is 5.30. The Bertz CT molecular complexity index is 1030. The van der Waals surface area contributed by atoms with Gasteiger partial charge in [-0.15, -0.1) is 0 Å².